The van der Waals surface area contributed by atoms with E-state index in [2.05, 4.69) is 0 Å². The molecule has 0 bridgehead atoms. The van der Waals surface area contributed by atoms with Crippen molar-refractivity contribution in [3.05, 3.63) is 29.6 Å². The number of rotatable bonds is 2. The van der Waals surface area contributed by atoms with Crippen LogP contribution in [-0.2, 0) is 9.59 Å². The number of hydrogen-bond donors (Lipinski definition) is 3. The molecule has 0 radical (unpaired) electrons. The number of benzene rings is 1. The van der Waals surface area contributed by atoms with Gasteiger partial charge < -0.3 is 15.5 Å². The molecular weight excluding hydrogens is 221 g/mol. The van der Waals surface area contributed by atoms with Crippen molar-refractivity contribution in [2.75, 3.05) is 5.32 Å². The van der Waals surface area contributed by atoms with E-state index in [4.69, 9.17) is 10.2 Å². The summed E-state index contributed by atoms with van der Waals surface area (Å²) >= 11 is 0. The summed E-state index contributed by atoms with van der Waals surface area (Å²) in [5.41, 5.74) is -1.18. The molecule has 0 saturated carbocycles. The van der Waals surface area contributed by atoms with E-state index in [9.17, 15) is 18.8 Å². The molecule has 0 aromatic heterocycles. The van der Waals surface area contributed by atoms with Crippen LogP contribution in [-0.4, -0.2) is 28.1 Å². The van der Waals surface area contributed by atoms with Crippen LogP contribution in [0.1, 0.15) is 10.4 Å². The summed E-state index contributed by atoms with van der Waals surface area (Å²) in [5.74, 6) is -5.89. The third kappa shape index (κ3) is 2.32. The number of nitrogens with one attached hydrogen (secondary N) is 1. The first-order valence-electron chi connectivity index (χ1n) is 3.99. The maximum atomic E-state index is 13.1. The van der Waals surface area contributed by atoms with Gasteiger partial charge in [0, 0.05) is 0 Å². The van der Waals surface area contributed by atoms with Crippen LogP contribution in [0.2, 0.25) is 0 Å². The van der Waals surface area contributed by atoms with Gasteiger partial charge >= 0.3 is 17.8 Å². The SMILES string of the molecule is O=C(O)C(=O)Nc1cccc(F)c1C(=O)O. The fraction of sp³-hybridized carbons (Fsp3) is 0. The Bertz CT molecular complexity index is 471. The number of carbonyl (C=O) groups is 3. The van der Waals surface area contributed by atoms with Crippen molar-refractivity contribution >= 4 is 23.5 Å². The fourth-order valence-electron chi connectivity index (χ4n) is 1.02. The predicted molar refractivity (Wildman–Crippen MR) is 49.6 cm³/mol. The molecule has 1 aromatic carbocycles. The molecule has 16 heavy (non-hydrogen) atoms. The largest absolute Gasteiger partial charge is 0.478 e. The lowest BCUT2D eigenvalue weighted by atomic mass is 10.1. The number of carbonyl (C=O) groups excluding carboxylic acids is 1. The Balaban J connectivity index is 3.14. The summed E-state index contributed by atoms with van der Waals surface area (Å²) in [6, 6.07) is 3.13. The molecule has 0 atom stereocenters. The number of anilines is 1. The summed E-state index contributed by atoms with van der Waals surface area (Å²) in [6.45, 7) is 0. The smallest absolute Gasteiger partial charge is 0.394 e. The van der Waals surface area contributed by atoms with Gasteiger partial charge in [-0.25, -0.2) is 14.0 Å². The maximum absolute atomic E-state index is 13.1. The first-order chi connectivity index (χ1) is 7.43. The molecule has 1 aromatic rings. The second kappa shape index (κ2) is 4.39. The number of carboxylic acids is 2. The summed E-state index contributed by atoms with van der Waals surface area (Å²) < 4.78 is 13.1. The van der Waals surface area contributed by atoms with Gasteiger partial charge in [0.2, 0.25) is 0 Å². The van der Waals surface area contributed by atoms with E-state index in [1.54, 1.807) is 5.32 Å². The molecule has 0 aliphatic rings. The van der Waals surface area contributed by atoms with Crippen LogP contribution in [0, 0.1) is 5.82 Å². The average molecular weight is 227 g/mol. The Morgan fingerprint density at radius 2 is 1.81 bits per heavy atom. The molecule has 7 heteroatoms. The number of carboxylic acid groups (broad SMARTS) is 2. The van der Waals surface area contributed by atoms with Gasteiger partial charge in [-0.15, -0.1) is 0 Å². The highest BCUT2D eigenvalue weighted by molar-refractivity contribution is 6.36. The topological polar surface area (TPSA) is 104 Å². The average Bonchev–Trinajstić information content (AvgIpc) is 2.16. The summed E-state index contributed by atoms with van der Waals surface area (Å²) in [4.78, 5) is 31.6. The van der Waals surface area contributed by atoms with E-state index in [0.29, 0.717) is 0 Å². The van der Waals surface area contributed by atoms with Gasteiger partial charge in [0.15, 0.2) is 0 Å². The number of aliphatic carboxylic acids is 1. The number of amides is 1. The molecular formula is C9H6FNO5. The lowest BCUT2D eigenvalue weighted by Crippen LogP contribution is -2.23. The van der Waals surface area contributed by atoms with Crippen LogP contribution in [0.3, 0.4) is 0 Å². The first kappa shape index (κ1) is 11.6. The Kier molecular flexibility index (Phi) is 3.19. The highest BCUT2D eigenvalue weighted by Crippen LogP contribution is 2.18. The summed E-state index contributed by atoms with van der Waals surface area (Å²) in [6.07, 6.45) is 0. The Labute approximate surface area is 88.3 Å². The van der Waals surface area contributed by atoms with Crippen molar-refractivity contribution < 1.29 is 29.0 Å². The van der Waals surface area contributed by atoms with Crippen LogP contribution in [0.4, 0.5) is 10.1 Å². The highest BCUT2D eigenvalue weighted by Gasteiger charge is 2.19. The molecule has 6 nitrogen and oxygen atoms in total. The minimum Gasteiger partial charge on any atom is -0.478 e. The Morgan fingerprint density at radius 3 is 2.31 bits per heavy atom. The van der Waals surface area contributed by atoms with Crippen LogP contribution < -0.4 is 5.32 Å². The molecule has 0 aliphatic carbocycles. The molecule has 0 unspecified atom stereocenters. The zero-order chi connectivity index (χ0) is 12.3. The van der Waals surface area contributed by atoms with Crippen LogP contribution in [0.15, 0.2) is 18.2 Å². The number of halogens is 1. The third-order valence-corrected chi connectivity index (χ3v) is 1.67. The van der Waals surface area contributed by atoms with E-state index in [0.717, 1.165) is 18.2 Å². The third-order valence-electron chi connectivity index (χ3n) is 1.67. The Hall–Kier alpha value is -2.44. The van der Waals surface area contributed by atoms with Crippen LogP contribution in [0.25, 0.3) is 0 Å². The molecule has 84 valence electrons. The molecule has 1 rings (SSSR count). The van der Waals surface area contributed by atoms with E-state index in [1.807, 2.05) is 0 Å². The second-order valence-electron chi connectivity index (χ2n) is 2.73. The monoisotopic (exact) mass is 227 g/mol. The van der Waals surface area contributed by atoms with Crippen molar-refractivity contribution in [3.8, 4) is 0 Å². The molecule has 0 heterocycles. The molecule has 0 aliphatic heterocycles. The molecule has 0 fully saturated rings. The van der Waals surface area contributed by atoms with E-state index >= 15 is 0 Å². The molecule has 1 amide bonds. The molecule has 0 spiro atoms. The van der Waals surface area contributed by atoms with Crippen molar-refractivity contribution in [3.63, 3.8) is 0 Å². The van der Waals surface area contributed by atoms with E-state index in [1.165, 1.54) is 0 Å². The zero-order valence-electron chi connectivity index (χ0n) is 7.73. The number of aromatic carboxylic acids is 1. The minimum absolute atomic E-state index is 0.403. The first-order valence-corrected chi connectivity index (χ1v) is 3.99. The van der Waals surface area contributed by atoms with Crippen LogP contribution >= 0.6 is 0 Å². The quantitative estimate of drug-likeness (QED) is 0.640. The van der Waals surface area contributed by atoms with Gasteiger partial charge in [0.25, 0.3) is 0 Å². The van der Waals surface area contributed by atoms with Gasteiger partial charge in [0.1, 0.15) is 11.4 Å². The second-order valence-corrected chi connectivity index (χ2v) is 2.73. The van der Waals surface area contributed by atoms with Crippen LogP contribution in [0.5, 0.6) is 0 Å². The minimum atomic E-state index is -1.79. The van der Waals surface area contributed by atoms with E-state index in [-0.39, 0.29) is 0 Å². The van der Waals surface area contributed by atoms with Crippen molar-refractivity contribution in [2.24, 2.45) is 0 Å². The zero-order valence-corrected chi connectivity index (χ0v) is 7.73. The maximum Gasteiger partial charge on any atom is 0.394 e. The van der Waals surface area contributed by atoms with Gasteiger partial charge in [-0.05, 0) is 12.1 Å². The normalized spacial score (nSPS) is 9.56. The van der Waals surface area contributed by atoms with Gasteiger partial charge in [0.05, 0.1) is 5.69 Å². The Morgan fingerprint density at radius 1 is 1.19 bits per heavy atom. The van der Waals surface area contributed by atoms with Gasteiger partial charge in [-0.1, -0.05) is 6.07 Å². The highest BCUT2D eigenvalue weighted by atomic mass is 19.1. The predicted octanol–water partition coefficient (Wildman–Crippen LogP) is 0.547. The van der Waals surface area contributed by atoms with Gasteiger partial charge in [-0.3, -0.25) is 4.79 Å². The molecule has 0 saturated heterocycles. The fourth-order valence-corrected chi connectivity index (χ4v) is 1.02. The van der Waals surface area contributed by atoms with Crippen molar-refractivity contribution in [1.29, 1.82) is 0 Å². The summed E-state index contributed by atoms with van der Waals surface area (Å²) in [5, 5.41) is 18.7. The van der Waals surface area contributed by atoms with E-state index < -0.39 is 34.9 Å². The summed E-state index contributed by atoms with van der Waals surface area (Å²) in [7, 11) is 0. The van der Waals surface area contributed by atoms with Crippen molar-refractivity contribution in [1.82, 2.24) is 0 Å². The lowest BCUT2D eigenvalue weighted by molar-refractivity contribution is -0.147. The van der Waals surface area contributed by atoms with Crippen molar-refractivity contribution in [2.45, 2.75) is 0 Å². The lowest BCUT2D eigenvalue weighted by Gasteiger charge is -2.06. The number of hydrogen-bond acceptors (Lipinski definition) is 3. The van der Waals surface area contributed by atoms with Gasteiger partial charge in [-0.2, -0.15) is 0 Å². The standard InChI is InChI=1S/C9H6FNO5/c10-4-2-1-3-5(6(4)8(13)14)11-7(12)9(15)16/h1-3H,(H,11,12)(H,13,14)(H,15,16). The molecule has 3 N–H and O–H groups in total.